The molecule has 4 rings (SSSR count). The Morgan fingerprint density at radius 2 is 1.81 bits per heavy atom. The summed E-state index contributed by atoms with van der Waals surface area (Å²) in [6, 6.07) is 19.5. The highest BCUT2D eigenvalue weighted by atomic mass is 79.9. The quantitative estimate of drug-likeness (QED) is 0.434. The Morgan fingerprint density at radius 3 is 2.56 bits per heavy atom. The lowest BCUT2D eigenvalue weighted by Gasteiger charge is -2.30. The lowest BCUT2D eigenvalue weighted by atomic mass is 10.0. The third-order valence-corrected chi connectivity index (χ3v) is 8.22. The topological polar surface area (TPSA) is 57.7 Å². The van der Waals surface area contributed by atoms with Crippen molar-refractivity contribution in [2.24, 2.45) is 0 Å². The second kappa shape index (κ2) is 9.35. The van der Waals surface area contributed by atoms with Crippen molar-refractivity contribution < 1.29 is 13.2 Å². The molecule has 1 heterocycles. The lowest BCUT2D eigenvalue weighted by Crippen LogP contribution is -2.35. The highest BCUT2D eigenvalue weighted by Gasteiger charge is 2.26. The summed E-state index contributed by atoms with van der Waals surface area (Å²) in [5.74, 6) is -0.178. The molecule has 0 N–H and O–H groups in total. The Hall–Kier alpha value is -2.19. The first-order valence-corrected chi connectivity index (χ1v) is 12.8. The summed E-state index contributed by atoms with van der Waals surface area (Å²) in [6.45, 7) is 0.737. The maximum absolute atomic E-state index is 13.4. The molecule has 1 amide bonds. The molecule has 3 aromatic rings. The Kier molecular flexibility index (Phi) is 6.72. The van der Waals surface area contributed by atoms with Crippen LogP contribution < -0.4 is 4.90 Å². The molecule has 0 atom stereocenters. The van der Waals surface area contributed by atoms with E-state index in [-0.39, 0.29) is 17.3 Å². The second-order valence-corrected chi connectivity index (χ2v) is 11.1. The molecular weight excluding hydrogens is 512 g/mol. The molecule has 5 nitrogen and oxygen atoms in total. The number of carbonyl (C=O) groups is 1. The van der Waals surface area contributed by atoms with Gasteiger partial charge in [0.15, 0.2) is 0 Å². The number of rotatable bonds is 5. The molecule has 0 unspecified atom stereocenters. The first-order chi connectivity index (χ1) is 15.3. The van der Waals surface area contributed by atoms with Gasteiger partial charge < -0.3 is 4.90 Å². The SMILES string of the molecule is CN(Cc1ccc(Cl)c(C(=O)N2CCCc3ccccc32)c1)S(=O)(=O)c1ccc(Br)cc1. The number of aryl methyl sites for hydroxylation is 1. The van der Waals surface area contributed by atoms with Crippen LogP contribution in [0.25, 0.3) is 0 Å². The molecule has 1 aliphatic heterocycles. The van der Waals surface area contributed by atoms with Crippen LogP contribution in [0.15, 0.2) is 76.1 Å². The Labute approximate surface area is 201 Å². The van der Waals surface area contributed by atoms with Gasteiger partial charge in [-0.15, -0.1) is 0 Å². The number of fused-ring (bicyclic) bond motifs is 1. The van der Waals surface area contributed by atoms with Gasteiger partial charge in [-0.25, -0.2) is 8.42 Å². The van der Waals surface area contributed by atoms with E-state index in [2.05, 4.69) is 15.9 Å². The number of amides is 1. The third-order valence-electron chi connectivity index (χ3n) is 5.54. The summed E-state index contributed by atoms with van der Waals surface area (Å²) in [7, 11) is -2.15. The first kappa shape index (κ1) is 23.0. The zero-order valence-electron chi connectivity index (χ0n) is 17.5. The normalized spacial score (nSPS) is 13.8. The fraction of sp³-hybridized carbons (Fsp3) is 0.208. The van der Waals surface area contributed by atoms with Crippen LogP contribution in [-0.2, 0) is 23.0 Å². The van der Waals surface area contributed by atoms with Crippen LogP contribution in [0.3, 0.4) is 0 Å². The molecule has 1 aliphatic rings. The highest BCUT2D eigenvalue weighted by Crippen LogP contribution is 2.30. The zero-order valence-corrected chi connectivity index (χ0v) is 20.6. The Balaban J connectivity index is 1.59. The lowest BCUT2D eigenvalue weighted by molar-refractivity contribution is 0.0985. The number of hydrogen-bond acceptors (Lipinski definition) is 3. The van der Waals surface area contributed by atoms with Gasteiger partial charge in [-0.05, 0) is 66.4 Å². The van der Waals surface area contributed by atoms with Gasteiger partial charge in [-0.3, -0.25) is 4.79 Å². The average Bonchev–Trinajstić information content (AvgIpc) is 2.79. The van der Waals surface area contributed by atoms with Crippen molar-refractivity contribution in [1.82, 2.24) is 4.31 Å². The van der Waals surface area contributed by atoms with Crippen molar-refractivity contribution in [1.29, 1.82) is 0 Å². The number of halogens is 2. The van der Waals surface area contributed by atoms with Crippen LogP contribution in [0.5, 0.6) is 0 Å². The fourth-order valence-corrected chi connectivity index (χ4v) is 5.47. The predicted octanol–water partition coefficient (Wildman–Crippen LogP) is 5.52. The molecule has 0 fully saturated rings. The maximum atomic E-state index is 13.4. The first-order valence-electron chi connectivity index (χ1n) is 10.2. The number of sulfonamides is 1. The summed E-state index contributed by atoms with van der Waals surface area (Å²) in [4.78, 5) is 15.3. The molecule has 0 bridgehead atoms. The number of anilines is 1. The van der Waals surface area contributed by atoms with Crippen LogP contribution in [0.4, 0.5) is 5.69 Å². The molecule has 0 aliphatic carbocycles. The van der Waals surface area contributed by atoms with Crippen molar-refractivity contribution in [2.45, 2.75) is 24.3 Å². The number of carbonyl (C=O) groups excluding carboxylic acids is 1. The van der Waals surface area contributed by atoms with E-state index in [0.29, 0.717) is 22.7 Å². The highest BCUT2D eigenvalue weighted by molar-refractivity contribution is 9.10. The molecule has 32 heavy (non-hydrogen) atoms. The fourth-order valence-electron chi connectivity index (χ4n) is 3.85. The molecule has 0 saturated carbocycles. The number of hydrogen-bond donors (Lipinski definition) is 0. The molecule has 0 spiro atoms. The zero-order chi connectivity index (χ0) is 22.9. The molecule has 3 aromatic carbocycles. The van der Waals surface area contributed by atoms with Crippen molar-refractivity contribution in [3.05, 3.63) is 92.9 Å². The van der Waals surface area contributed by atoms with E-state index < -0.39 is 10.0 Å². The van der Waals surface area contributed by atoms with Gasteiger partial charge in [0.2, 0.25) is 10.0 Å². The van der Waals surface area contributed by atoms with Gasteiger partial charge in [0.1, 0.15) is 0 Å². The molecule has 8 heteroatoms. The monoisotopic (exact) mass is 532 g/mol. The van der Waals surface area contributed by atoms with E-state index in [4.69, 9.17) is 11.6 Å². The summed E-state index contributed by atoms with van der Waals surface area (Å²) >= 11 is 9.71. The molecular formula is C24H22BrClN2O3S. The number of para-hydroxylation sites is 1. The van der Waals surface area contributed by atoms with E-state index in [1.807, 2.05) is 24.3 Å². The van der Waals surface area contributed by atoms with Gasteiger partial charge in [0.25, 0.3) is 5.91 Å². The van der Waals surface area contributed by atoms with Gasteiger partial charge in [0.05, 0.1) is 15.5 Å². The van der Waals surface area contributed by atoms with E-state index in [9.17, 15) is 13.2 Å². The molecule has 0 radical (unpaired) electrons. The number of benzene rings is 3. The van der Waals surface area contributed by atoms with E-state index in [1.54, 1.807) is 47.4 Å². The summed E-state index contributed by atoms with van der Waals surface area (Å²) in [6.07, 6.45) is 1.82. The van der Waals surface area contributed by atoms with E-state index >= 15 is 0 Å². The summed E-state index contributed by atoms with van der Waals surface area (Å²) < 4.78 is 27.9. The van der Waals surface area contributed by atoms with Crippen molar-refractivity contribution in [2.75, 3.05) is 18.5 Å². The predicted molar refractivity (Wildman–Crippen MR) is 131 cm³/mol. The third kappa shape index (κ3) is 4.62. The minimum atomic E-state index is -3.67. The Morgan fingerprint density at radius 1 is 1.09 bits per heavy atom. The second-order valence-electron chi connectivity index (χ2n) is 7.72. The van der Waals surface area contributed by atoms with Gasteiger partial charge >= 0.3 is 0 Å². The average molecular weight is 534 g/mol. The van der Waals surface area contributed by atoms with Crippen LogP contribution in [0, 0.1) is 0 Å². The number of nitrogens with zero attached hydrogens (tertiary/aromatic N) is 2. The van der Waals surface area contributed by atoms with Gasteiger partial charge in [0, 0.05) is 30.3 Å². The van der Waals surface area contributed by atoms with Gasteiger partial charge in [-0.1, -0.05) is 51.8 Å². The van der Waals surface area contributed by atoms with E-state index in [1.165, 1.54) is 11.4 Å². The minimum absolute atomic E-state index is 0.117. The van der Waals surface area contributed by atoms with Crippen molar-refractivity contribution >= 4 is 49.1 Å². The van der Waals surface area contributed by atoms with Crippen LogP contribution >= 0.6 is 27.5 Å². The van der Waals surface area contributed by atoms with E-state index in [0.717, 1.165) is 28.6 Å². The standard InChI is InChI=1S/C24H22BrClN2O3S/c1-27(32(30,31)20-11-9-19(25)10-12-20)16-17-8-13-22(26)21(15-17)24(29)28-14-4-6-18-5-2-3-7-23(18)28/h2-3,5,7-13,15H,4,6,14,16H2,1H3. The van der Waals surface area contributed by atoms with Gasteiger partial charge in [-0.2, -0.15) is 4.31 Å². The minimum Gasteiger partial charge on any atom is -0.308 e. The summed E-state index contributed by atoms with van der Waals surface area (Å²) in [5.41, 5.74) is 3.10. The molecule has 166 valence electrons. The van der Waals surface area contributed by atoms with Crippen LogP contribution in [-0.4, -0.2) is 32.2 Å². The smallest absolute Gasteiger partial charge is 0.259 e. The molecule has 0 saturated heterocycles. The largest absolute Gasteiger partial charge is 0.308 e. The Bertz CT molecular complexity index is 1260. The maximum Gasteiger partial charge on any atom is 0.259 e. The van der Waals surface area contributed by atoms with Crippen molar-refractivity contribution in [3.8, 4) is 0 Å². The summed E-state index contributed by atoms with van der Waals surface area (Å²) in [5, 5.41) is 0.347. The van der Waals surface area contributed by atoms with Crippen LogP contribution in [0.2, 0.25) is 5.02 Å². The molecule has 0 aromatic heterocycles. The van der Waals surface area contributed by atoms with Crippen LogP contribution in [0.1, 0.15) is 27.9 Å². The van der Waals surface area contributed by atoms with Crippen molar-refractivity contribution in [3.63, 3.8) is 0 Å².